The van der Waals surface area contributed by atoms with Crippen molar-refractivity contribution in [2.24, 2.45) is 0 Å². The standard InChI is InChI=1S/C16H20FN3S/c1-11(14-5-3-4-6-15(14)17)20(2)16-19-13(10-21-16)9-18-12-7-8-12/h3-6,10-12,18H,7-9H2,1-2H3. The van der Waals surface area contributed by atoms with Gasteiger partial charge in [-0.2, -0.15) is 0 Å². The fourth-order valence-electron chi connectivity index (χ4n) is 2.26. The average Bonchev–Trinajstić information content (AvgIpc) is 3.21. The van der Waals surface area contributed by atoms with Gasteiger partial charge in [0, 0.05) is 30.6 Å². The van der Waals surface area contributed by atoms with E-state index < -0.39 is 0 Å². The van der Waals surface area contributed by atoms with Gasteiger partial charge in [0.25, 0.3) is 0 Å². The zero-order valence-corrected chi connectivity index (χ0v) is 13.2. The Labute approximate surface area is 128 Å². The Morgan fingerprint density at radius 2 is 2.19 bits per heavy atom. The number of aromatic nitrogens is 1. The van der Waals surface area contributed by atoms with Gasteiger partial charge in [-0.25, -0.2) is 9.37 Å². The summed E-state index contributed by atoms with van der Waals surface area (Å²) in [7, 11) is 1.97. The second kappa shape index (κ2) is 6.12. The second-order valence-electron chi connectivity index (χ2n) is 5.58. The summed E-state index contributed by atoms with van der Waals surface area (Å²) < 4.78 is 13.9. The lowest BCUT2D eigenvalue weighted by molar-refractivity contribution is 0.585. The van der Waals surface area contributed by atoms with Gasteiger partial charge in [-0.05, 0) is 25.8 Å². The predicted octanol–water partition coefficient (Wildman–Crippen LogP) is 3.73. The lowest BCUT2D eigenvalue weighted by atomic mass is 10.1. The molecule has 1 saturated carbocycles. The molecule has 112 valence electrons. The minimum atomic E-state index is -0.163. The highest BCUT2D eigenvalue weighted by Gasteiger charge is 2.21. The molecule has 3 rings (SSSR count). The van der Waals surface area contributed by atoms with Crippen LogP contribution in [-0.4, -0.2) is 18.1 Å². The molecule has 5 heteroatoms. The highest BCUT2D eigenvalue weighted by Crippen LogP contribution is 2.29. The molecule has 1 aromatic carbocycles. The highest BCUT2D eigenvalue weighted by molar-refractivity contribution is 7.13. The van der Waals surface area contributed by atoms with E-state index in [9.17, 15) is 4.39 Å². The van der Waals surface area contributed by atoms with Crippen molar-refractivity contribution in [3.05, 3.63) is 46.7 Å². The van der Waals surface area contributed by atoms with Crippen molar-refractivity contribution in [3.63, 3.8) is 0 Å². The predicted molar refractivity (Wildman–Crippen MR) is 85.2 cm³/mol. The van der Waals surface area contributed by atoms with Crippen LogP contribution in [0.2, 0.25) is 0 Å². The molecule has 1 unspecified atom stereocenters. The van der Waals surface area contributed by atoms with Crippen LogP contribution in [0.5, 0.6) is 0 Å². The maximum atomic E-state index is 13.9. The van der Waals surface area contributed by atoms with Crippen molar-refractivity contribution in [2.75, 3.05) is 11.9 Å². The van der Waals surface area contributed by atoms with Gasteiger partial charge in [0.05, 0.1) is 11.7 Å². The van der Waals surface area contributed by atoms with Gasteiger partial charge in [0.15, 0.2) is 5.13 Å². The number of halogens is 1. The summed E-state index contributed by atoms with van der Waals surface area (Å²) in [6, 6.07) is 7.57. The molecule has 1 N–H and O–H groups in total. The van der Waals surface area contributed by atoms with E-state index in [1.807, 2.05) is 31.0 Å². The largest absolute Gasteiger partial charge is 0.344 e. The summed E-state index contributed by atoms with van der Waals surface area (Å²) in [5.41, 5.74) is 1.77. The number of hydrogen-bond acceptors (Lipinski definition) is 4. The Morgan fingerprint density at radius 1 is 1.43 bits per heavy atom. The van der Waals surface area contributed by atoms with Crippen LogP contribution >= 0.6 is 11.3 Å². The molecule has 0 radical (unpaired) electrons. The van der Waals surface area contributed by atoms with Crippen LogP contribution in [0.1, 0.15) is 37.1 Å². The van der Waals surface area contributed by atoms with Crippen molar-refractivity contribution in [1.82, 2.24) is 10.3 Å². The molecule has 0 spiro atoms. The minimum absolute atomic E-state index is 0.0402. The summed E-state index contributed by atoms with van der Waals surface area (Å²) >= 11 is 1.61. The normalized spacial score (nSPS) is 16.0. The molecule has 1 fully saturated rings. The fraction of sp³-hybridized carbons (Fsp3) is 0.438. The minimum Gasteiger partial charge on any atom is -0.344 e. The first-order chi connectivity index (χ1) is 10.1. The summed E-state index contributed by atoms with van der Waals surface area (Å²) in [6.45, 7) is 2.82. The molecule has 1 aliphatic rings. The zero-order valence-electron chi connectivity index (χ0n) is 12.3. The monoisotopic (exact) mass is 305 g/mol. The van der Waals surface area contributed by atoms with Crippen molar-refractivity contribution in [2.45, 2.75) is 38.4 Å². The van der Waals surface area contributed by atoms with Gasteiger partial charge >= 0.3 is 0 Å². The number of hydrogen-bond donors (Lipinski definition) is 1. The number of rotatable bonds is 6. The molecule has 0 bridgehead atoms. The smallest absolute Gasteiger partial charge is 0.185 e. The number of nitrogens with one attached hydrogen (secondary N) is 1. The molecule has 21 heavy (non-hydrogen) atoms. The number of thiazole rings is 1. The highest BCUT2D eigenvalue weighted by atomic mass is 32.1. The molecule has 1 atom stereocenters. The van der Waals surface area contributed by atoms with E-state index in [2.05, 4.69) is 15.7 Å². The summed E-state index contributed by atoms with van der Waals surface area (Å²) in [5, 5.41) is 6.47. The van der Waals surface area contributed by atoms with Crippen LogP contribution in [0, 0.1) is 5.82 Å². The zero-order chi connectivity index (χ0) is 14.8. The molecule has 1 aliphatic carbocycles. The van der Waals surface area contributed by atoms with Gasteiger partial charge in [0.2, 0.25) is 0 Å². The third kappa shape index (κ3) is 3.41. The first-order valence-electron chi connectivity index (χ1n) is 7.30. The van der Waals surface area contributed by atoms with Crippen molar-refractivity contribution in [3.8, 4) is 0 Å². The third-order valence-electron chi connectivity index (χ3n) is 3.93. The van der Waals surface area contributed by atoms with Crippen LogP contribution < -0.4 is 10.2 Å². The van der Waals surface area contributed by atoms with Crippen LogP contribution in [0.3, 0.4) is 0 Å². The molecule has 3 nitrogen and oxygen atoms in total. The van der Waals surface area contributed by atoms with Gasteiger partial charge in [0.1, 0.15) is 5.82 Å². The van der Waals surface area contributed by atoms with Gasteiger partial charge in [-0.15, -0.1) is 11.3 Å². The maximum absolute atomic E-state index is 13.9. The maximum Gasteiger partial charge on any atom is 0.185 e. The molecular formula is C16H20FN3S. The average molecular weight is 305 g/mol. The van der Waals surface area contributed by atoms with E-state index in [4.69, 9.17) is 0 Å². The van der Waals surface area contributed by atoms with Gasteiger partial charge < -0.3 is 10.2 Å². The van der Waals surface area contributed by atoms with Crippen LogP contribution in [0.25, 0.3) is 0 Å². The molecule has 1 aromatic heterocycles. The van der Waals surface area contributed by atoms with Crippen LogP contribution in [0.15, 0.2) is 29.6 Å². The topological polar surface area (TPSA) is 28.2 Å². The molecule has 0 saturated heterocycles. The Balaban J connectivity index is 1.69. The summed E-state index contributed by atoms with van der Waals surface area (Å²) in [6.07, 6.45) is 2.56. The lowest BCUT2D eigenvalue weighted by Crippen LogP contribution is -2.22. The third-order valence-corrected chi connectivity index (χ3v) is 4.91. The van der Waals surface area contributed by atoms with Crippen LogP contribution in [-0.2, 0) is 6.54 Å². The number of benzene rings is 1. The molecule has 2 aromatic rings. The van der Waals surface area contributed by atoms with E-state index in [1.54, 1.807) is 17.4 Å². The molecular weight excluding hydrogens is 285 g/mol. The Bertz CT molecular complexity index is 609. The van der Waals surface area contributed by atoms with E-state index in [0.29, 0.717) is 11.6 Å². The number of nitrogens with zero attached hydrogens (tertiary/aromatic N) is 2. The quantitative estimate of drug-likeness (QED) is 0.881. The Hall–Kier alpha value is -1.46. The molecule has 1 heterocycles. The van der Waals surface area contributed by atoms with Crippen molar-refractivity contribution < 1.29 is 4.39 Å². The number of anilines is 1. The van der Waals surface area contributed by atoms with Gasteiger partial charge in [-0.1, -0.05) is 18.2 Å². The van der Waals surface area contributed by atoms with Crippen molar-refractivity contribution >= 4 is 16.5 Å². The Kier molecular flexibility index (Phi) is 4.22. The summed E-state index contributed by atoms with van der Waals surface area (Å²) in [5.74, 6) is -0.163. The SMILES string of the molecule is CC(c1ccccc1F)N(C)c1nc(CNC2CC2)cs1. The lowest BCUT2D eigenvalue weighted by Gasteiger charge is -2.25. The summed E-state index contributed by atoms with van der Waals surface area (Å²) in [4.78, 5) is 6.68. The van der Waals surface area contributed by atoms with Crippen LogP contribution in [0.4, 0.5) is 9.52 Å². The first kappa shape index (κ1) is 14.5. The van der Waals surface area contributed by atoms with Crippen molar-refractivity contribution in [1.29, 1.82) is 0 Å². The molecule has 0 aliphatic heterocycles. The van der Waals surface area contributed by atoms with E-state index in [-0.39, 0.29) is 11.9 Å². The van der Waals surface area contributed by atoms with E-state index in [1.165, 1.54) is 18.9 Å². The Morgan fingerprint density at radius 3 is 2.90 bits per heavy atom. The first-order valence-corrected chi connectivity index (χ1v) is 8.18. The fourth-order valence-corrected chi connectivity index (χ4v) is 3.14. The van der Waals surface area contributed by atoms with E-state index >= 15 is 0 Å². The second-order valence-corrected chi connectivity index (χ2v) is 6.42. The van der Waals surface area contributed by atoms with Gasteiger partial charge in [-0.3, -0.25) is 0 Å². The van der Waals surface area contributed by atoms with E-state index in [0.717, 1.165) is 17.4 Å². The molecule has 0 amide bonds.